The molecule has 1 aliphatic heterocycles. The highest BCUT2D eigenvalue weighted by molar-refractivity contribution is 5.83. The van der Waals surface area contributed by atoms with Gasteiger partial charge in [-0.2, -0.15) is 0 Å². The second-order valence-electron chi connectivity index (χ2n) is 8.19. The van der Waals surface area contributed by atoms with E-state index in [1.807, 2.05) is 38.1 Å². The molecule has 0 bridgehead atoms. The number of allylic oxidation sites excluding steroid dienone is 2. The number of hydrogen-bond acceptors (Lipinski definition) is 4. The molecule has 0 saturated carbocycles. The summed E-state index contributed by atoms with van der Waals surface area (Å²) in [6.45, 7) is 13.5. The largest absolute Gasteiger partial charge is 0.398 e. The van der Waals surface area contributed by atoms with E-state index in [4.69, 9.17) is 5.73 Å². The summed E-state index contributed by atoms with van der Waals surface area (Å²) >= 11 is 0. The fourth-order valence-corrected chi connectivity index (χ4v) is 4.05. The van der Waals surface area contributed by atoms with Gasteiger partial charge in [0.2, 0.25) is 0 Å². The van der Waals surface area contributed by atoms with E-state index in [-0.39, 0.29) is 0 Å². The number of anilines is 3. The number of rotatable bonds is 6. The van der Waals surface area contributed by atoms with E-state index < -0.39 is 0 Å². The summed E-state index contributed by atoms with van der Waals surface area (Å²) in [5, 5.41) is 3.34. The van der Waals surface area contributed by atoms with Gasteiger partial charge in [0.05, 0.1) is 0 Å². The van der Waals surface area contributed by atoms with Crippen LogP contribution in [-0.2, 0) is 6.42 Å². The van der Waals surface area contributed by atoms with Crippen LogP contribution in [0.1, 0.15) is 29.2 Å². The number of nitrogen functional groups attached to an aromatic ring is 1. The molecule has 0 aliphatic carbocycles. The molecule has 0 amide bonds. The standard InChI is InChI=1S/C29H30N4/c1-5-31-29(32-25-14-13-20(2)28(30)19-25)17-21(3)24-10-8-11-26(18-24)33-16-15-23-9-6-7-12-27(23)22(33)4/h5-14,17-19,32H,3-4,15-16,30H2,1-2H3/b29-17+,31-5?. The minimum Gasteiger partial charge on any atom is -0.398 e. The van der Waals surface area contributed by atoms with Crippen molar-refractivity contribution in [2.24, 2.45) is 4.99 Å². The predicted molar refractivity (Wildman–Crippen MR) is 143 cm³/mol. The Labute approximate surface area is 196 Å². The molecular formula is C29H30N4. The van der Waals surface area contributed by atoms with Crippen molar-refractivity contribution in [2.45, 2.75) is 20.3 Å². The van der Waals surface area contributed by atoms with Gasteiger partial charge < -0.3 is 16.0 Å². The van der Waals surface area contributed by atoms with Crippen LogP contribution in [0.4, 0.5) is 17.1 Å². The first-order chi connectivity index (χ1) is 16.0. The van der Waals surface area contributed by atoms with E-state index in [0.717, 1.165) is 52.4 Å². The van der Waals surface area contributed by atoms with E-state index in [2.05, 4.69) is 76.9 Å². The Bertz CT molecular complexity index is 1270. The summed E-state index contributed by atoms with van der Waals surface area (Å²) in [5.74, 6) is 0.701. The maximum Gasteiger partial charge on any atom is 0.130 e. The molecule has 3 aromatic carbocycles. The topological polar surface area (TPSA) is 53.6 Å². The molecule has 0 spiro atoms. The summed E-state index contributed by atoms with van der Waals surface area (Å²) < 4.78 is 0. The third kappa shape index (κ3) is 4.90. The smallest absolute Gasteiger partial charge is 0.130 e. The zero-order chi connectivity index (χ0) is 23.4. The van der Waals surface area contributed by atoms with E-state index in [0.29, 0.717) is 5.82 Å². The van der Waals surface area contributed by atoms with Crippen LogP contribution < -0.4 is 16.0 Å². The molecule has 0 aromatic heterocycles. The lowest BCUT2D eigenvalue weighted by Gasteiger charge is -2.33. The zero-order valence-electron chi connectivity index (χ0n) is 19.3. The van der Waals surface area contributed by atoms with Crippen LogP contribution in [0.5, 0.6) is 0 Å². The van der Waals surface area contributed by atoms with Gasteiger partial charge in [0.15, 0.2) is 0 Å². The van der Waals surface area contributed by atoms with Crippen molar-refractivity contribution in [3.8, 4) is 0 Å². The summed E-state index contributed by atoms with van der Waals surface area (Å²) in [4.78, 5) is 6.76. The van der Waals surface area contributed by atoms with E-state index >= 15 is 0 Å². The van der Waals surface area contributed by atoms with Gasteiger partial charge in [-0.05, 0) is 72.9 Å². The summed E-state index contributed by atoms with van der Waals surface area (Å²) in [6.07, 6.45) is 4.71. The van der Waals surface area contributed by atoms with Crippen LogP contribution in [0.25, 0.3) is 11.3 Å². The van der Waals surface area contributed by atoms with Crippen LogP contribution in [0, 0.1) is 6.92 Å². The third-order valence-electron chi connectivity index (χ3n) is 5.92. The van der Waals surface area contributed by atoms with Crippen molar-refractivity contribution in [2.75, 3.05) is 22.5 Å². The molecule has 1 heterocycles. The van der Waals surface area contributed by atoms with Crippen molar-refractivity contribution in [3.05, 3.63) is 114 Å². The van der Waals surface area contributed by atoms with Gasteiger partial charge in [-0.3, -0.25) is 0 Å². The van der Waals surface area contributed by atoms with Gasteiger partial charge in [-0.25, -0.2) is 4.99 Å². The maximum atomic E-state index is 6.06. The molecule has 1 aliphatic rings. The first kappa shape index (κ1) is 22.2. The van der Waals surface area contributed by atoms with Gasteiger partial charge in [-0.15, -0.1) is 0 Å². The van der Waals surface area contributed by atoms with Gasteiger partial charge in [0, 0.05) is 41.1 Å². The molecule has 4 rings (SSSR count). The second kappa shape index (κ2) is 9.61. The highest BCUT2D eigenvalue weighted by atomic mass is 15.1. The SMILES string of the molecule is C=C(/C=C(\N=CC)Nc1ccc(C)c(N)c1)c1cccc(N2CCc3ccccc3C2=C)c1. The Kier molecular flexibility index (Phi) is 6.45. The minimum absolute atomic E-state index is 0.701. The fourth-order valence-electron chi connectivity index (χ4n) is 4.05. The summed E-state index contributed by atoms with van der Waals surface area (Å²) in [7, 11) is 0. The Morgan fingerprint density at radius 3 is 2.70 bits per heavy atom. The number of hydrogen-bond donors (Lipinski definition) is 2. The Morgan fingerprint density at radius 1 is 1.09 bits per heavy atom. The van der Waals surface area contributed by atoms with Crippen molar-refractivity contribution >= 4 is 34.5 Å². The van der Waals surface area contributed by atoms with Gasteiger partial charge >= 0.3 is 0 Å². The van der Waals surface area contributed by atoms with Crippen LogP contribution in [-0.4, -0.2) is 12.8 Å². The first-order valence-corrected chi connectivity index (χ1v) is 11.1. The average molecular weight is 435 g/mol. The molecule has 3 aromatic rings. The van der Waals surface area contributed by atoms with Crippen LogP contribution >= 0.6 is 0 Å². The number of aryl methyl sites for hydroxylation is 1. The molecule has 33 heavy (non-hydrogen) atoms. The molecule has 0 atom stereocenters. The number of nitrogens with one attached hydrogen (secondary N) is 1. The van der Waals surface area contributed by atoms with E-state index in [1.54, 1.807) is 6.21 Å². The lowest BCUT2D eigenvalue weighted by molar-refractivity contribution is 0.885. The summed E-state index contributed by atoms with van der Waals surface area (Å²) in [5.41, 5.74) is 15.4. The molecule has 4 nitrogen and oxygen atoms in total. The number of nitrogens with two attached hydrogens (primary N) is 1. The minimum atomic E-state index is 0.701. The Hall–Kier alpha value is -4.05. The fraction of sp³-hybridized carbons (Fsp3) is 0.138. The zero-order valence-corrected chi connectivity index (χ0v) is 19.3. The van der Waals surface area contributed by atoms with Gasteiger partial charge in [0.1, 0.15) is 5.82 Å². The van der Waals surface area contributed by atoms with Crippen molar-refractivity contribution in [1.82, 2.24) is 0 Å². The average Bonchev–Trinajstić information content (AvgIpc) is 2.82. The second-order valence-corrected chi connectivity index (χ2v) is 8.19. The van der Waals surface area contributed by atoms with Crippen LogP contribution in [0.3, 0.4) is 0 Å². The molecule has 166 valence electrons. The molecular weight excluding hydrogens is 404 g/mol. The van der Waals surface area contributed by atoms with Gasteiger partial charge in [0.25, 0.3) is 0 Å². The number of aliphatic imine (C=N–C) groups is 1. The third-order valence-corrected chi connectivity index (χ3v) is 5.92. The highest BCUT2D eigenvalue weighted by Crippen LogP contribution is 2.33. The lowest BCUT2D eigenvalue weighted by atomic mass is 9.96. The van der Waals surface area contributed by atoms with Gasteiger partial charge in [-0.1, -0.05) is 55.6 Å². The molecule has 0 radical (unpaired) electrons. The molecule has 0 unspecified atom stereocenters. The Balaban J connectivity index is 1.58. The van der Waals surface area contributed by atoms with Crippen molar-refractivity contribution in [1.29, 1.82) is 0 Å². The quantitative estimate of drug-likeness (QED) is 0.259. The lowest BCUT2D eigenvalue weighted by Crippen LogP contribution is -2.28. The maximum absolute atomic E-state index is 6.06. The van der Waals surface area contributed by atoms with E-state index in [9.17, 15) is 0 Å². The predicted octanol–water partition coefficient (Wildman–Crippen LogP) is 6.67. The number of nitrogens with zero attached hydrogens (tertiary/aromatic N) is 2. The summed E-state index contributed by atoms with van der Waals surface area (Å²) in [6, 6.07) is 22.8. The molecule has 4 heteroatoms. The first-order valence-electron chi connectivity index (χ1n) is 11.1. The van der Waals surface area contributed by atoms with Crippen molar-refractivity contribution < 1.29 is 0 Å². The monoisotopic (exact) mass is 434 g/mol. The highest BCUT2D eigenvalue weighted by Gasteiger charge is 2.20. The molecule has 3 N–H and O–H groups in total. The number of fused-ring (bicyclic) bond motifs is 1. The van der Waals surface area contributed by atoms with E-state index in [1.165, 1.54) is 11.1 Å². The molecule has 0 fully saturated rings. The normalized spacial score (nSPS) is 13.8. The number of benzene rings is 3. The van der Waals surface area contributed by atoms with Crippen LogP contribution in [0.2, 0.25) is 0 Å². The Morgan fingerprint density at radius 2 is 1.91 bits per heavy atom. The molecule has 0 saturated heterocycles. The van der Waals surface area contributed by atoms with Crippen LogP contribution in [0.15, 0.2) is 96.8 Å². The van der Waals surface area contributed by atoms with Crippen molar-refractivity contribution in [3.63, 3.8) is 0 Å².